The van der Waals surface area contributed by atoms with Crippen molar-refractivity contribution in [3.63, 3.8) is 0 Å². The van der Waals surface area contributed by atoms with Crippen molar-refractivity contribution in [3.05, 3.63) is 56.3 Å². The Hall–Kier alpha value is -2.74. The fourth-order valence-electron chi connectivity index (χ4n) is 1.39. The number of nitrogens with one attached hydrogen (secondary N) is 1. The summed E-state index contributed by atoms with van der Waals surface area (Å²) in [6.45, 7) is 0. The summed E-state index contributed by atoms with van der Waals surface area (Å²) in [4.78, 5) is 21.9. The van der Waals surface area contributed by atoms with Crippen LogP contribution in [0.4, 0.5) is 5.69 Å². The average Bonchev–Trinajstić information content (AvgIpc) is 2.94. The maximum absolute atomic E-state index is 11.6. The van der Waals surface area contributed by atoms with Gasteiger partial charge in [-0.1, -0.05) is 18.2 Å². The molecule has 0 aliphatic rings. The van der Waals surface area contributed by atoms with E-state index in [0.29, 0.717) is 10.4 Å². The van der Waals surface area contributed by atoms with Crippen molar-refractivity contribution < 1.29 is 14.8 Å². The van der Waals surface area contributed by atoms with Crippen molar-refractivity contribution in [2.75, 3.05) is 0 Å². The normalized spacial score (nSPS) is 10.6. The van der Waals surface area contributed by atoms with Gasteiger partial charge in [0, 0.05) is 11.6 Å². The molecule has 2 aromatic rings. The number of hydrogen-bond acceptors (Lipinski definition) is 6. The quantitative estimate of drug-likeness (QED) is 0.522. The van der Waals surface area contributed by atoms with Crippen LogP contribution in [0, 0.1) is 10.1 Å². The molecule has 102 valence electrons. The second-order valence-electron chi connectivity index (χ2n) is 3.66. The van der Waals surface area contributed by atoms with Gasteiger partial charge in [-0.2, -0.15) is 5.10 Å². The van der Waals surface area contributed by atoms with Crippen molar-refractivity contribution in [2.45, 2.75) is 0 Å². The predicted molar refractivity (Wildman–Crippen MR) is 71.9 cm³/mol. The maximum Gasteiger partial charge on any atom is 0.281 e. The summed E-state index contributed by atoms with van der Waals surface area (Å²) in [6.07, 6.45) is 1.23. The molecule has 0 spiro atoms. The smallest absolute Gasteiger partial charge is 0.281 e. The fourth-order valence-corrected chi connectivity index (χ4v) is 2.00. The topological polar surface area (TPSA) is 108 Å². The molecule has 8 heteroatoms. The van der Waals surface area contributed by atoms with Crippen molar-refractivity contribution in [3.8, 4) is 5.75 Å². The van der Waals surface area contributed by atoms with Crippen LogP contribution in [0.2, 0.25) is 0 Å². The number of hydrazone groups is 1. The second kappa shape index (κ2) is 5.93. The summed E-state index contributed by atoms with van der Waals surface area (Å²) in [5.74, 6) is -1.04. The van der Waals surface area contributed by atoms with Crippen LogP contribution in [-0.2, 0) is 0 Å². The van der Waals surface area contributed by atoms with Gasteiger partial charge in [-0.3, -0.25) is 14.9 Å². The van der Waals surface area contributed by atoms with Gasteiger partial charge in [-0.15, -0.1) is 11.3 Å². The van der Waals surface area contributed by atoms with Crippen LogP contribution in [-0.4, -0.2) is 17.0 Å². The van der Waals surface area contributed by atoms with E-state index in [1.165, 1.54) is 23.6 Å². The van der Waals surface area contributed by atoms with Crippen molar-refractivity contribution in [1.82, 2.24) is 5.43 Å². The molecule has 1 heterocycles. The van der Waals surface area contributed by atoms with Crippen LogP contribution in [0.5, 0.6) is 5.75 Å². The molecule has 0 radical (unpaired) electrons. The number of thiophene rings is 1. The van der Waals surface area contributed by atoms with E-state index in [2.05, 4.69) is 10.5 Å². The molecule has 0 fully saturated rings. The Morgan fingerprint density at radius 2 is 2.20 bits per heavy atom. The minimum atomic E-state index is -0.760. The Morgan fingerprint density at radius 1 is 1.40 bits per heavy atom. The van der Waals surface area contributed by atoms with Gasteiger partial charge in [0.1, 0.15) is 0 Å². The van der Waals surface area contributed by atoms with E-state index >= 15 is 0 Å². The summed E-state index contributed by atoms with van der Waals surface area (Å²) >= 11 is 1.27. The van der Waals surface area contributed by atoms with Crippen LogP contribution in [0.25, 0.3) is 0 Å². The average molecular weight is 290 g/mol. The first kappa shape index (κ1) is 13.7. The summed E-state index contributed by atoms with van der Waals surface area (Å²) in [5, 5.41) is 27.2. The van der Waals surface area contributed by atoms with E-state index in [4.69, 9.17) is 0 Å². The molecule has 0 bridgehead atoms. The Kier molecular flexibility index (Phi) is 4.06. The highest BCUT2D eigenvalue weighted by atomic mass is 32.1. The molecule has 1 aromatic carbocycles. The molecule has 20 heavy (non-hydrogen) atoms. The third-order valence-electron chi connectivity index (χ3n) is 2.30. The fraction of sp³-hybridized carbons (Fsp3) is 0. The number of carbonyl (C=O) groups excluding carboxylic acids is 1. The molecule has 1 amide bonds. The lowest BCUT2D eigenvalue weighted by molar-refractivity contribution is -0.398. The van der Waals surface area contributed by atoms with Gasteiger partial charge < -0.3 is 5.11 Å². The molecule has 1 aromatic heterocycles. The molecule has 1 N–H and O–H groups in total. The Labute approximate surface area is 117 Å². The summed E-state index contributed by atoms with van der Waals surface area (Å²) in [6, 6.07) is 6.95. The maximum atomic E-state index is 11.6. The van der Waals surface area contributed by atoms with E-state index in [-0.39, 0.29) is 5.91 Å². The molecule has 0 saturated carbocycles. The molecule has 0 aliphatic carbocycles. The molecule has 0 aliphatic heterocycles. The number of nitrogens with zero attached hydrogens (tertiary/aromatic N) is 2. The first-order valence-electron chi connectivity index (χ1n) is 5.40. The summed E-state index contributed by atoms with van der Waals surface area (Å²) < 4.78 is 0. The van der Waals surface area contributed by atoms with Crippen LogP contribution >= 0.6 is 11.3 Å². The first-order valence-corrected chi connectivity index (χ1v) is 6.28. The zero-order chi connectivity index (χ0) is 14.5. The van der Waals surface area contributed by atoms with Crippen molar-refractivity contribution in [1.29, 1.82) is 0 Å². The molecule has 0 atom stereocenters. The highest BCUT2D eigenvalue weighted by molar-refractivity contribution is 7.12. The number of nitro groups is 1. The Bertz CT molecular complexity index is 667. The van der Waals surface area contributed by atoms with Crippen LogP contribution in [0.3, 0.4) is 0 Å². The lowest BCUT2D eigenvalue weighted by Crippen LogP contribution is -2.16. The summed E-state index contributed by atoms with van der Waals surface area (Å²) in [7, 11) is 0. The van der Waals surface area contributed by atoms with E-state index in [1.54, 1.807) is 17.5 Å². The molecular weight excluding hydrogens is 282 g/mol. The number of carbonyl (C=O) groups is 1. The molecule has 7 nitrogen and oxygen atoms in total. The number of amides is 1. The standard InChI is InChI=1S/C12H9N3O4S/c16-10-4-3-8(6-9(10)15(18)19)7-13-14-12(17)11-2-1-5-20-11/h1-7,16H,(H,14,17)/p-1. The lowest BCUT2D eigenvalue weighted by atomic mass is 10.2. The largest absolute Gasteiger partial charge is 0.868 e. The predicted octanol–water partition coefficient (Wildman–Crippen LogP) is 1.49. The van der Waals surface area contributed by atoms with E-state index in [0.717, 1.165) is 12.1 Å². The second-order valence-corrected chi connectivity index (χ2v) is 4.61. The van der Waals surface area contributed by atoms with Crippen LogP contribution in [0.1, 0.15) is 15.2 Å². The van der Waals surface area contributed by atoms with Gasteiger partial charge in [0.25, 0.3) is 11.6 Å². The van der Waals surface area contributed by atoms with Crippen molar-refractivity contribution >= 4 is 29.1 Å². The van der Waals surface area contributed by atoms with Crippen LogP contribution in [0.15, 0.2) is 40.8 Å². The highest BCUT2D eigenvalue weighted by Crippen LogP contribution is 2.22. The number of nitro benzene ring substituents is 1. The van der Waals surface area contributed by atoms with E-state index in [1.807, 2.05) is 0 Å². The number of hydrogen-bond donors (Lipinski definition) is 1. The molecular formula is C12H8N3O4S-. The SMILES string of the molecule is O=C(NN=Cc1ccc([O-])c([N+](=O)[O-])c1)c1cccs1. The Morgan fingerprint density at radius 3 is 2.85 bits per heavy atom. The minimum absolute atomic E-state index is 0.350. The van der Waals surface area contributed by atoms with E-state index < -0.39 is 16.4 Å². The lowest BCUT2D eigenvalue weighted by Gasteiger charge is -2.05. The van der Waals surface area contributed by atoms with Crippen LogP contribution < -0.4 is 10.5 Å². The zero-order valence-corrected chi connectivity index (χ0v) is 10.8. The van der Waals surface area contributed by atoms with Gasteiger partial charge in [-0.25, -0.2) is 5.43 Å². The third kappa shape index (κ3) is 3.18. The van der Waals surface area contributed by atoms with Gasteiger partial charge >= 0.3 is 0 Å². The van der Waals surface area contributed by atoms with Gasteiger partial charge in [-0.05, 0) is 17.2 Å². The molecule has 0 saturated heterocycles. The van der Waals surface area contributed by atoms with Gasteiger partial charge in [0.05, 0.1) is 16.0 Å². The number of rotatable bonds is 4. The van der Waals surface area contributed by atoms with E-state index in [9.17, 15) is 20.0 Å². The zero-order valence-electron chi connectivity index (χ0n) is 9.98. The molecule has 0 unspecified atom stereocenters. The Balaban J connectivity index is 2.07. The van der Waals surface area contributed by atoms with Gasteiger partial charge in [0.15, 0.2) is 0 Å². The minimum Gasteiger partial charge on any atom is -0.868 e. The molecule has 2 rings (SSSR count). The first-order chi connectivity index (χ1) is 9.58. The number of benzene rings is 1. The highest BCUT2D eigenvalue weighted by Gasteiger charge is 2.07. The monoisotopic (exact) mass is 290 g/mol. The van der Waals surface area contributed by atoms with Gasteiger partial charge in [0.2, 0.25) is 0 Å². The van der Waals surface area contributed by atoms with Crippen molar-refractivity contribution in [2.24, 2.45) is 5.10 Å². The third-order valence-corrected chi connectivity index (χ3v) is 3.17. The summed E-state index contributed by atoms with van der Waals surface area (Å²) in [5.41, 5.74) is 2.11.